The summed E-state index contributed by atoms with van der Waals surface area (Å²) in [6, 6.07) is 4.35. The van der Waals surface area contributed by atoms with E-state index in [2.05, 4.69) is 38.2 Å². The first-order valence-corrected chi connectivity index (χ1v) is 6.71. The van der Waals surface area contributed by atoms with Gasteiger partial charge in [-0.05, 0) is 17.5 Å². The Morgan fingerprint density at radius 3 is 2.59 bits per heavy atom. The molecule has 1 aromatic rings. The van der Waals surface area contributed by atoms with Crippen LogP contribution >= 0.6 is 11.3 Å². The van der Waals surface area contributed by atoms with Crippen LogP contribution in [0.25, 0.3) is 0 Å². The van der Waals surface area contributed by atoms with E-state index in [0.717, 1.165) is 6.54 Å². The highest BCUT2D eigenvalue weighted by Gasteiger charge is 2.16. The van der Waals surface area contributed by atoms with Crippen molar-refractivity contribution in [2.24, 2.45) is 0 Å². The Balaban J connectivity index is 2.49. The van der Waals surface area contributed by atoms with Crippen LogP contribution in [-0.4, -0.2) is 31.5 Å². The van der Waals surface area contributed by atoms with Crippen molar-refractivity contribution in [1.29, 1.82) is 0 Å². The molecule has 0 aliphatic heterocycles. The van der Waals surface area contributed by atoms with Crippen LogP contribution in [0.15, 0.2) is 12.1 Å². The lowest BCUT2D eigenvalue weighted by atomic mass is 9.95. The summed E-state index contributed by atoms with van der Waals surface area (Å²) in [4.78, 5) is 2.69. The van der Waals surface area contributed by atoms with Crippen LogP contribution in [0.4, 0.5) is 0 Å². The minimum absolute atomic E-state index is 0.0141. The van der Waals surface area contributed by atoms with Gasteiger partial charge in [0.05, 0.1) is 19.3 Å². The summed E-state index contributed by atoms with van der Waals surface area (Å²) in [5, 5.41) is 12.4. The van der Waals surface area contributed by atoms with Crippen molar-refractivity contribution in [3.63, 3.8) is 0 Å². The van der Waals surface area contributed by atoms with Crippen LogP contribution < -0.4 is 5.32 Å². The molecule has 1 unspecified atom stereocenters. The monoisotopic (exact) mass is 257 g/mol. The van der Waals surface area contributed by atoms with E-state index < -0.39 is 0 Å². The van der Waals surface area contributed by atoms with Gasteiger partial charge < -0.3 is 15.2 Å². The molecule has 0 bridgehead atoms. The van der Waals surface area contributed by atoms with Crippen molar-refractivity contribution in [2.45, 2.75) is 38.8 Å². The largest absolute Gasteiger partial charge is 0.395 e. The fourth-order valence-electron chi connectivity index (χ4n) is 1.50. The smallest absolute Gasteiger partial charge is 0.0638 e. The molecule has 2 N–H and O–H groups in total. The Bertz CT molecular complexity index is 330. The second-order valence-corrected chi connectivity index (χ2v) is 6.40. The van der Waals surface area contributed by atoms with Gasteiger partial charge in [0.25, 0.3) is 0 Å². The van der Waals surface area contributed by atoms with Crippen molar-refractivity contribution in [2.75, 3.05) is 20.3 Å². The van der Waals surface area contributed by atoms with Gasteiger partial charge in [-0.3, -0.25) is 0 Å². The molecular weight excluding hydrogens is 234 g/mol. The van der Waals surface area contributed by atoms with E-state index >= 15 is 0 Å². The average Bonchev–Trinajstić information content (AvgIpc) is 2.72. The summed E-state index contributed by atoms with van der Waals surface area (Å²) in [7, 11) is 1.65. The van der Waals surface area contributed by atoms with Crippen molar-refractivity contribution < 1.29 is 9.84 Å². The number of hydrogen-bond donors (Lipinski definition) is 2. The normalized spacial score (nSPS) is 13.9. The number of nitrogens with one attached hydrogen (secondary N) is 1. The second kappa shape index (κ2) is 6.50. The molecule has 4 heteroatoms. The van der Waals surface area contributed by atoms with E-state index in [1.165, 1.54) is 9.75 Å². The molecule has 0 saturated carbocycles. The lowest BCUT2D eigenvalue weighted by molar-refractivity contribution is 0.128. The molecule has 0 aliphatic rings. The van der Waals surface area contributed by atoms with Crippen LogP contribution in [-0.2, 0) is 16.7 Å². The van der Waals surface area contributed by atoms with Gasteiger partial charge in [-0.2, -0.15) is 0 Å². The van der Waals surface area contributed by atoms with Crippen LogP contribution in [0.1, 0.15) is 30.5 Å². The molecule has 3 nitrogen and oxygen atoms in total. The van der Waals surface area contributed by atoms with E-state index in [9.17, 15) is 0 Å². The van der Waals surface area contributed by atoms with E-state index in [-0.39, 0.29) is 18.1 Å². The Hall–Kier alpha value is -0.420. The maximum absolute atomic E-state index is 9.13. The SMILES string of the molecule is COCC(CO)NCc1ccc(C(C)(C)C)s1. The van der Waals surface area contributed by atoms with Crippen LogP contribution in [0.5, 0.6) is 0 Å². The first-order valence-electron chi connectivity index (χ1n) is 5.89. The zero-order chi connectivity index (χ0) is 12.9. The maximum atomic E-state index is 9.13. The Morgan fingerprint density at radius 1 is 1.41 bits per heavy atom. The molecule has 0 spiro atoms. The molecule has 0 aliphatic carbocycles. The van der Waals surface area contributed by atoms with Gasteiger partial charge in [0.15, 0.2) is 0 Å². The lowest BCUT2D eigenvalue weighted by Crippen LogP contribution is -2.35. The molecule has 17 heavy (non-hydrogen) atoms. The summed E-state index contributed by atoms with van der Waals surface area (Å²) in [6.45, 7) is 8.08. The predicted molar refractivity (Wildman–Crippen MR) is 72.6 cm³/mol. The van der Waals surface area contributed by atoms with Crippen LogP contribution in [0.3, 0.4) is 0 Å². The van der Waals surface area contributed by atoms with Gasteiger partial charge in [-0.25, -0.2) is 0 Å². The van der Waals surface area contributed by atoms with E-state index in [0.29, 0.717) is 6.61 Å². The third-order valence-electron chi connectivity index (χ3n) is 2.55. The van der Waals surface area contributed by atoms with Gasteiger partial charge in [-0.1, -0.05) is 20.8 Å². The second-order valence-electron chi connectivity index (χ2n) is 5.23. The molecule has 0 radical (unpaired) electrons. The number of aliphatic hydroxyl groups excluding tert-OH is 1. The lowest BCUT2D eigenvalue weighted by Gasteiger charge is -2.16. The third-order valence-corrected chi connectivity index (χ3v) is 4.07. The highest BCUT2D eigenvalue weighted by atomic mass is 32.1. The minimum atomic E-state index is 0.0141. The molecule has 0 saturated heterocycles. The molecule has 1 atom stereocenters. The number of methoxy groups -OCH3 is 1. The Morgan fingerprint density at radius 2 is 2.12 bits per heavy atom. The van der Waals surface area contributed by atoms with Crippen LogP contribution in [0, 0.1) is 0 Å². The first kappa shape index (κ1) is 14.6. The third kappa shape index (κ3) is 4.76. The van der Waals surface area contributed by atoms with E-state index in [1.807, 2.05) is 11.3 Å². The highest BCUT2D eigenvalue weighted by Crippen LogP contribution is 2.29. The summed E-state index contributed by atoms with van der Waals surface area (Å²) in [6.07, 6.45) is 0. The van der Waals surface area contributed by atoms with Gasteiger partial charge in [-0.15, -0.1) is 11.3 Å². The predicted octanol–water partition coefficient (Wildman–Crippen LogP) is 2.14. The van der Waals surface area contributed by atoms with Gasteiger partial charge in [0, 0.05) is 23.4 Å². The van der Waals surface area contributed by atoms with E-state index in [1.54, 1.807) is 7.11 Å². The number of hydrogen-bond acceptors (Lipinski definition) is 4. The molecule has 1 rings (SSSR count). The summed E-state index contributed by atoms with van der Waals surface area (Å²) in [5.74, 6) is 0. The molecule has 1 heterocycles. The Kier molecular flexibility index (Phi) is 5.59. The molecule has 98 valence electrons. The van der Waals surface area contributed by atoms with Crippen molar-refractivity contribution >= 4 is 11.3 Å². The summed E-state index contributed by atoms with van der Waals surface area (Å²) < 4.78 is 5.02. The van der Waals surface area contributed by atoms with Gasteiger partial charge in [0.2, 0.25) is 0 Å². The zero-order valence-corrected chi connectivity index (χ0v) is 11.9. The average molecular weight is 257 g/mol. The molecule has 1 aromatic heterocycles. The molecule has 0 aromatic carbocycles. The minimum Gasteiger partial charge on any atom is -0.395 e. The number of aliphatic hydroxyl groups is 1. The van der Waals surface area contributed by atoms with Crippen molar-refractivity contribution in [3.05, 3.63) is 21.9 Å². The maximum Gasteiger partial charge on any atom is 0.0638 e. The Labute approximate surface area is 108 Å². The number of rotatable bonds is 6. The molecule has 0 amide bonds. The standard InChI is InChI=1S/C13H23NO2S/c1-13(2,3)12-6-5-11(17-12)7-14-10(8-15)9-16-4/h5-6,10,14-15H,7-9H2,1-4H3. The van der Waals surface area contributed by atoms with Gasteiger partial charge in [0.1, 0.15) is 0 Å². The topological polar surface area (TPSA) is 41.5 Å². The quantitative estimate of drug-likeness (QED) is 0.820. The van der Waals surface area contributed by atoms with Crippen LogP contribution in [0.2, 0.25) is 0 Å². The molecule has 0 fully saturated rings. The summed E-state index contributed by atoms with van der Waals surface area (Å²) in [5.41, 5.74) is 0.214. The zero-order valence-electron chi connectivity index (χ0n) is 11.1. The fraction of sp³-hybridized carbons (Fsp3) is 0.692. The summed E-state index contributed by atoms with van der Waals surface area (Å²) >= 11 is 1.83. The van der Waals surface area contributed by atoms with E-state index in [4.69, 9.17) is 9.84 Å². The van der Waals surface area contributed by atoms with Gasteiger partial charge >= 0.3 is 0 Å². The molecular formula is C13H23NO2S. The number of thiophene rings is 1. The fourth-order valence-corrected chi connectivity index (χ4v) is 2.51. The first-order chi connectivity index (χ1) is 7.97. The van der Waals surface area contributed by atoms with Crippen molar-refractivity contribution in [3.8, 4) is 0 Å². The van der Waals surface area contributed by atoms with Crippen molar-refractivity contribution in [1.82, 2.24) is 5.32 Å². The number of ether oxygens (including phenoxy) is 1. The highest BCUT2D eigenvalue weighted by molar-refractivity contribution is 7.12.